The minimum Gasteiger partial charge on any atom is -0.382 e. The van der Waals surface area contributed by atoms with Crippen molar-refractivity contribution < 1.29 is 4.39 Å². The summed E-state index contributed by atoms with van der Waals surface area (Å²) < 4.78 is 14.1. The molecule has 3 N–H and O–H groups in total. The molecule has 0 amide bonds. The standard InChI is InChI=1S/C16H13ClFN3/c1-9-4-2-5-10(8-9)13-15(20-21-16(13)19)14-11(17)6-3-7-12(14)18/h2-8H,1H3,(H3,19,20,21). The van der Waals surface area contributed by atoms with E-state index in [-0.39, 0.29) is 5.56 Å². The van der Waals surface area contributed by atoms with Gasteiger partial charge in [-0.3, -0.25) is 5.10 Å². The van der Waals surface area contributed by atoms with E-state index < -0.39 is 5.82 Å². The van der Waals surface area contributed by atoms with Crippen molar-refractivity contribution in [1.29, 1.82) is 0 Å². The summed E-state index contributed by atoms with van der Waals surface area (Å²) in [5, 5.41) is 7.11. The molecule has 1 heterocycles. The van der Waals surface area contributed by atoms with E-state index in [1.165, 1.54) is 6.07 Å². The topological polar surface area (TPSA) is 54.7 Å². The molecule has 106 valence electrons. The maximum atomic E-state index is 14.1. The number of nitrogen functional groups attached to an aromatic ring is 1. The lowest BCUT2D eigenvalue weighted by atomic mass is 9.99. The SMILES string of the molecule is Cc1cccc(-c2c(N)n[nH]c2-c2c(F)cccc2Cl)c1. The third-order valence-electron chi connectivity index (χ3n) is 3.31. The van der Waals surface area contributed by atoms with Crippen molar-refractivity contribution in [3.63, 3.8) is 0 Å². The number of rotatable bonds is 2. The van der Waals surface area contributed by atoms with Crippen LogP contribution in [0.1, 0.15) is 5.56 Å². The number of benzene rings is 2. The second-order valence-corrected chi connectivity index (χ2v) is 5.23. The molecule has 21 heavy (non-hydrogen) atoms. The first-order valence-corrected chi connectivity index (χ1v) is 6.81. The zero-order valence-electron chi connectivity index (χ0n) is 11.3. The number of H-pyrrole nitrogens is 1. The van der Waals surface area contributed by atoms with Crippen LogP contribution in [-0.2, 0) is 0 Å². The second-order valence-electron chi connectivity index (χ2n) is 4.82. The van der Waals surface area contributed by atoms with Crippen molar-refractivity contribution in [3.8, 4) is 22.4 Å². The molecule has 0 aliphatic heterocycles. The Morgan fingerprint density at radius 2 is 1.90 bits per heavy atom. The summed E-state index contributed by atoms with van der Waals surface area (Å²) in [4.78, 5) is 0. The molecular weight excluding hydrogens is 289 g/mol. The van der Waals surface area contributed by atoms with E-state index >= 15 is 0 Å². The highest BCUT2D eigenvalue weighted by Gasteiger charge is 2.19. The Kier molecular flexibility index (Phi) is 3.39. The summed E-state index contributed by atoms with van der Waals surface area (Å²) in [5.41, 5.74) is 9.33. The first-order valence-electron chi connectivity index (χ1n) is 6.43. The van der Waals surface area contributed by atoms with Crippen LogP contribution in [0.3, 0.4) is 0 Å². The number of nitrogens with two attached hydrogens (primary N) is 1. The molecule has 0 aliphatic rings. The molecule has 5 heteroatoms. The fourth-order valence-electron chi connectivity index (χ4n) is 2.37. The van der Waals surface area contributed by atoms with E-state index in [0.717, 1.165) is 11.1 Å². The molecule has 0 saturated heterocycles. The van der Waals surface area contributed by atoms with Crippen LogP contribution in [0.4, 0.5) is 10.2 Å². The normalized spacial score (nSPS) is 10.8. The monoisotopic (exact) mass is 301 g/mol. The van der Waals surface area contributed by atoms with Crippen LogP contribution in [0.25, 0.3) is 22.4 Å². The Balaban J connectivity index is 2.27. The van der Waals surface area contributed by atoms with Crippen LogP contribution in [0.2, 0.25) is 5.02 Å². The van der Waals surface area contributed by atoms with Crippen molar-refractivity contribution in [2.24, 2.45) is 0 Å². The highest BCUT2D eigenvalue weighted by Crippen LogP contribution is 2.39. The number of hydrogen-bond acceptors (Lipinski definition) is 2. The second kappa shape index (κ2) is 5.22. The quantitative estimate of drug-likeness (QED) is 0.736. The number of hydrogen-bond donors (Lipinski definition) is 2. The summed E-state index contributed by atoms with van der Waals surface area (Å²) in [7, 11) is 0. The summed E-state index contributed by atoms with van der Waals surface area (Å²) in [6.07, 6.45) is 0. The van der Waals surface area contributed by atoms with Gasteiger partial charge in [0.15, 0.2) is 5.82 Å². The number of anilines is 1. The average Bonchev–Trinajstić information content (AvgIpc) is 2.80. The molecule has 0 bridgehead atoms. The van der Waals surface area contributed by atoms with Gasteiger partial charge in [0.25, 0.3) is 0 Å². The van der Waals surface area contributed by atoms with Gasteiger partial charge in [0.2, 0.25) is 0 Å². The van der Waals surface area contributed by atoms with Crippen LogP contribution >= 0.6 is 11.6 Å². The molecule has 0 saturated carbocycles. The number of nitrogens with zero attached hydrogens (tertiary/aromatic N) is 1. The number of aromatic amines is 1. The highest BCUT2D eigenvalue weighted by molar-refractivity contribution is 6.33. The molecule has 3 nitrogen and oxygen atoms in total. The Bertz CT molecular complexity index is 791. The predicted molar refractivity (Wildman–Crippen MR) is 83.6 cm³/mol. The van der Waals surface area contributed by atoms with Gasteiger partial charge in [0.1, 0.15) is 5.82 Å². The zero-order valence-corrected chi connectivity index (χ0v) is 12.1. The van der Waals surface area contributed by atoms with Crippen molar-refractivity contribution in [3.05, 3.63) is 58.9 Å². The summed E-state index contributed by atoms with van der Waals surface area (Å²) in [5.74, 6) is -0.102. The minimum atomic E-state index is -0.417. The zero-order chi connectivity index (χ0) is 15.0. The van der Waals surface area contributed by atoms with Gasteiger partial charge in [-0.15, -0.1) is 0 Å². The first-order chi connectivity index (χ1) is 10.1. The molecule has 3 rings (SSSR count). The first kappa shape index (κ1) is 13.6. The summed E-state index contributed by atoms with van der Waals surface area (Å²) >= 11 is 6.14. The maximum Gasteiger partial charge on any atom is 0.153 e. The number of nitrogens with one attached hydrogen (secondary N) is 1. The van der Waals surface area contributed by atoms with Crippen LogP contribution in [0.15, 0.2) is 42.5 Å². The van der Waals surface area contributed by atoms with E-state index in [4.69, 9.17) is 17.3 Å². The van der Waals surface area contributed by atoms with Crippen molar-refractivity contribution in [2.75, 3.05) is 5.73 Å². The molecule has 1 aromatic heterocycles. The lowest BCUT2D eigenvalue weighted by Crippen LogP contribution is -1.91. The van der Waals surface area contributed by atoms with Gasteiger partial charge in [0, 0.05) is 0 Å². The van der Waals surface area contributed by atoms with Crippen LogP contribution < -0.4 is 5.73 Å². The fourth-order valence-corrected chi connectivity index (χ4v) is 2.62. The smallest absolute Gasteiger partial charge is 0.153 e. The lowest BCUT2D eigenvalue weighted by molar-refractivity contribution is 0.631. The van der Waals surface area contributed by atoms with Gasteiger partial charge in [-0.25, -0.2) is 4.39 Å². The summed E-state index contributed by atoms with van der Waals surface area (Å²) in [6.45, 7) is 1.98. The Hall–Kier alpha value is -2.33. The molecule has 2 aromatic carbocycles. The van der Waals surface area contributed by atoms with Gasteiger partial charge in [-0.1, -0.05) is 47.5 Å². The molecule has 3 aromatic rings. The molecule has 0 atom stereocenters. The van der Waals surface area contributed by atoms with Gasteiger partial charge < -0.3 is 5.73 Å². The molecule has 0 spiro atoms. The van der Waals surface area contributed by atoms with Gasteiger partial charge >= 0.3 is 0 Å². The Labute approximate surface area is 126 Å². The molecule has 0 fully saturated rings. The predicted octanol–water partition coefficient (Wildman–Crippen LogP) is 4.43. The van der Waals surface area contributed by atoms with Gasteiger partial charge in [0.05, 0.1) is 21.8 Å². The third kappa shape index (κ3) is 2.38. The maximum absolute atomic E-state index is 14.1. The third-order valence-corrected chi connectivity index (χ3v) is 3.63. The highest BCUT2D eigenvalue weighted by atomic mass is 35.5. The van der Waals surface area contributed by atoms with E-state index in [0.29, 0.717) is 22.1 Å². The Morgan fingerprint density at radius 3 is 2.62 bits per heavy atom. The molecule has 0 radical (unpaired) electrons. The van der Waals surface area contributed by atoms with Crippen LogP contribution in [-0.4, -0.2) is 10.2 Å². The van der Waals surface area contributed by atoms with E-state index in [1.807, 2.05) is 31.2 Å². The van der Waals surface area contributed by atoms with E-state index in [9.17, 15) is 4.39 Å². The van der Waals surface area contributed by atoms with E-state index in [1.54, 1.807) is 12.1 Å². The van der Waals surface area contributed by atoms with Crippen molar-refractivity contribution >= 4 is 17.4 Å². The van der Waals surface area contributed by atoms with Gasteiger partial charge in [-0.05, 0) is 24.6 Å². The average molecular weight is 302 g/mol. The molecular formula is C16H13ClFN3. The lowest BCUT2D eigenvalue weighted by Gasteiger charge is -2.08. The largest absolute Gasteiger partial charge is 0.382 e. The molecule has 0 aliphatic carbocycles. The number of aryl methyl sites for hydroxylation is 1. The summed E-state index contributed by atoms with van der Waals surface area (Å²) in [6, 6.07) is 12.3. The number of aromatic nitrogens is 2. The minimum absolute atomic E-state index is 0.278. The van der Waals surface area contributed by atoms with Crippen LogP contribution in [0, 0.1) is 12.7 Å². The van der Waals surface area contributed by atoms with Crippen molar-refractivity contribution in [2.45, 2.75) is 6.92 Å². The fraction of sp³-hybridized carbons (Fsp3) is 0.0625. The number of halogens is 2. The molecule has 0 unspecified atom stereocenters. The van der Waals surface area contributed by atoms with E-state index in [2.05, 4.69) is 10.2 Å². The van der Waals surface area contributed by atoms with Crippen molar-refractivity contribution in [1.82, 2.24) is 10.2 Å². The van der Waals surface area contributed by atoms with Crippen LogP contribution in [0.5, 0.6) is 0 Å². The Morgan fingerprint density at radius 1 is 1.14 bits per heavy atom. The van der Waals surface area contributed by atoms with Gasteiger partial charge in [-0.2, -0.15) is 5.10 Å².